The first-order valence-electron chi connectivity index (χ1n) is 5.37. The minimum absolute atomic E-state index is 0.217. The molecule has 2 N–H and O–H groups in total. The molecule has 0 atom stereocenters. The summed E-state index contributed by atoms with van der Waals surface area (Å²) in [6.45, 7) is 0.707. The second-order valence-electron chi connectivity index (χ2n) is 3.63. The van der Waals surface area contributed by atoms with Crippen molar-refractivity contribution in [3.8, 4) is 0 Å². The van der Waals surface area contributed by atoms with Gasteiger partial charge in [-0.2, -0.15) is 8.42 Å². The molecule has 0 aromatic heterocycles. The third kappa shape index (κ3) is 7.21. The van der Waals surface area contributed by atoms with Gasteiger partial charge in [0.2, 0.25) is 0 Å². The first-order valence-corrected chi connectivity index (χ1v) is 7.39. The zero-order valence-electron chi connectivity index (χ0n) is 9.70. The van der Waals surface area contributed by atoms with E-state index in [1.807, 2.05) is 30.3 Å². The predicted octanol–water partition coefficient (Wildman–Crippen LogP) is 1.36. The highest BCUT2D eigenvalue weighted by atomic mass is 32.2. The van der Waals surface area contributed by atoms with Gasteiger partial charge in [-0.3, -0.25) is 4.55 Å². The first-order chi connectivity index (χ1) is 8.47. The molecule has 18 heavy (non-hydrogen) atoms. The van der Waals surface area contributed by atoms with Crippen molar-refractivity contribution in [3.63, 3.8) is 0 Å². The standard InChI is InChI=1S/C11H15NO4S2/c13-18(14,15)8-4-7-12-11(17)16-9-10-5-2-1-3-6-10/h1-3,5-6H,4,7-9H2,(H,12,17)(H,13,14,15). The molecule has 1 aromatic rings. The quantitative estimate of drug-likeness (QED) is 0.468. The Balaban J connectivity index is 2.15. The average molecular weight is 289 g/mol. The maximum absolute atomic E-state index is 10.5. The smallest absolute Gasteiger partial charge is 0.264 e. The lowest BCUT2D eigenvalue weighted by Gasteiger charge is -2.09. The number of benzene rings is 1. The van der Waals surface area contributed by atoms with E-state index in [1.165, 1.54) is 0 Å². The molecule has 0 aliphatic rings. The third-order valence-corrected chi connectivity index (χ3v) is 3.13. The van der Waals surface area contributed by atoms with Crippen molar-refractivity contribution in [2.24, 2.45) is 0 Å². The molecule has 100 valence electrons. The molecular formula is C11H15NO4S2. The fraction of sp³-hybridized carbons (Fsp3) is 0.364. The number of hydrogen-bond donors (Lipinski definition) is 2. The molecule has 1 aromatic carbocycles. The molecule has 0 amide bonds. The van der Waals surface area contributed by atoms with E-state index in [0.717, 1.165) is 5.56 Å². The van der Waals surface area contributed by atoms with Crippen molar-refractivity contribution in [1.82, 2.24) is 5.32 Å². The van der Waals surface area contributed by atoms with E-state index < -0.39 is 10.1 Å². The summed E-state index contributed by atoms with van der Waals surface area (Å²) >= 11 is 4.91. The number of thiocarbonyl (C=S) groups is 1. The van der Waals surface area contributed by atoms with E-state index in [1.54, 1.807) is 0 Å². The van der Waals surface area contributed by atoms with Crippen LogP contribution in [0.15, 0.2) is 30.3 Å². The van der Waals surface area contributed by atoms with Crippen LogP contribution in [0.25, 0.3) is 0 Å². The Morgan fingerprint density at radius 3 is 2.61 bits per heavy atom. The monoisotopic (exact) mass is 289 g/mol. The predicted molar refractivity (Wildman–Crippen MR) is 72.9 cm³/mol. The second-order valence-corrected chi connectivity index (χ2v) is 5.57. The lowest BCUT2D eigenvalue weighted by atomic mass is 10.2. The highest BCUT2D eigenvalue weighted by Gasteiger charge is 2.04. The average Bonchev–Trinajstić information content (AvgIpc) is 2.32. The van der Waals surface area contributed by atoms with Gasteiger partial charge in [0.15, 0.2) is 0 Å². The van der Waals surface area contributed by atoms with Gasteiger partial charge in [-0.1, -0.05) is 30.3 Å². The van der Waals surface area contributed by atoms with Crippen LogP contribution in [-0.2, 0) is 21.5 Å². The second kappa shape index (κ2) is 7.30. The van der Waals surface area contributed by atoms with Crippen LogP contribution in [0.5, 0.6) is 0 Å². The molecule has 0 spiro atoms. The Labute approximate surface area is 112 Å². The molecule has 7 heteroatoms. The van der Waals surface area contributed by atoms with E-state index in [4.69, 9.17) is 21.5 Å². The Bertz CT molecular complexity index is 473. The number of ether oxygens (including phenoxy) is 1. The topological polar surface area (TPSA) is 75.6 Å². The van der Waals surface area contributed by atoms with Gasteiger partial charge in [-0.05, 0) is 24.2 Å². The van der Waals surface area contributed by atoms with E-state index in [-0.39, 0.29) is 17.3 Å². The molecule has 0 unspecified atom stereocenters. The summed E-state index contributed by atoms with van der Waals surface area (Å²) in [4.78, 5) is 0. The van der Waals surface area contributed by atoms with Gasteiger partial charge >= 0.3 is 0 Å². The summed E-state index contributed by atoms with van der Waals surface area (Å²) in [5.74, 6) is -0.290. The zero-order chi connectivity index (χ0) is 13.4. The summed E-state index contributed by atoms with van der Waals surface area (Å²) in [6.07, 6.45) is 0.271. The molecule has 0 aliphatic carbocycles. The summed E-state index contributed by atoms with van der Waals surface area (Å²) < 4.78 is 34.7. The summed E-state index contributed by atoms with van der Waals surface area (Å²) in [5.41, 5.74) is 1.000. The van der Waals surface area contributed by atoms with Gasteiger partial charge < -0.3 is 10.1 Å². The van der Waals surface area contributed by atoms with E-state index in [0.29, 0.717) is 13.2 Å². The van der Waals surface area contributed by atoms with E-state index in [2.05, 4.69) is 5.32 Å². The SMILES string of the molecule is O=S(=O)(O)CCCNC(=S)OCc1ccccc1. The molecule has 0 aliphatic heterocycles. The molecule has 0 saturated heterocycles. The van der Waals surface area contributed by atoms with Crippen molar-refractivity contribution in [1.29, 1.82) is 0 Å². The van der Waals surface area contributed by atoms with Gasteiger partial charge in [-0.25, -0.2) is 0 Å². The van der Waals surface area contributed by atoms with Crippen LogP contribution in [0.4, 0.5) is 0 Å². The molecule has 5 nitrogen and oxygen atoms in total. The van der Waals surface area contributed by atoms with Gasteiger partial charge in [0.25, 0.3) is 15.3 Å². The highest BCUT2D eigenvalue weighted by molar-refractivity contribution is 7.85. The minimum atomic E-state index is -3.90. The molecule has 0 radical (unpaired) electrons. The molecule has 0 saturated carbocycles. The maximum atomic E-state index is 10.5. The molecule has 0 bridgehead atoms. The van der Waals surface area contributed by atoms with Crippen molar-refractivity contribution in [3.05, 3.63) is 35.9 Å². The van der Waals surface area contributed by atoms with Crippen molar-refractivity contribution in [2.75, 3.05) is 12.3 Å². The number of nitrogens with one attached hydrogen (secondary N) is 1. The maximum Gasteiger partial charge on any atom is 0.264 e. The van der Waals surface area contributed by atoms with Gasteiger partial charge in [0.05, 0.1) is 5.75 Å². The van der Waals surface area contributed by atoms with Crippen molar-refractivity contribution in [2.45, 2.75) is 13.0 Å². The highest BCUT2D eigenvalue weighted by Crippen LogP contribution is 2.00. The summed E-state index contributed by atoms with van der Waals surface area (Å²) in [6, 6.07) is 9.56. The van der Waals surface area contributed by atoms with Gasteiger partial charge in [0, 0.05) is 6.54 Å². The molecule has 0 heterocycles. The van der Waals surface area contributed by atoms with Gasteiger partial charge in [0.1, 0.15) is 6.61 Å². The summed E-state index contributed by atoms with van der Waals surface area (Å²) in [7, 11) is -3.90. The van der Waals surface area contributed by atoms with Gasteiger partial charge in [-0.15, -0.1) is 0 Å². The zero-order valence-corrected chi connectivity index (χ0v) is 11.3. The van der Waals surface area contributed by atoms with Crippen LogP contribution in [0, 0.1) is 0 Å². The van der Waals surface area contributed by atoms with E-state index in [9.17, 15) is 8.42 Å². The number of hydrogen-bond acceptors (Lipinski definition) is 4. The number of rotatable bonds is 6. The van der Waals surface area contributed by atoms with Crippen molar-refractivity contribution < 1.29 is 17.7 Å². The lowest BCUT2D eigenvalue weighted by Crippen LogP contribution is -2.26. The summed E-state index contributed by atoms with van der Waals surface area (Å²) in [5, 5.41) is 2.98. The fourth-order valence-corrected chi connectivity index (χ4v) is 1.89. The van der Waals surface area contributed by atoms with Crippen LogP contribution in [0.2, 0.25) is 0 Å². The third-order valence-electron chi connectivity index (χ3n) is 2.06. The molecule has 0 fully saturated rings. The minimum Gasteiger partial charge on any atom is -0.466 e. The van der Waals surface area contributed by atoms with Crippen molar-refractivity contribution >= 4 is 27.5 Å². The lowest BCUT2D eigenvalue weighted by molar-refractivity contribution is 0.286. The molecular weight excluding hydrogens is 274 g/mol. The van der Waals surface area contributed by atoms with Crippen LogP contribution >= 0.6 is 12.2 Å². The van der Waals surface area contributed by atoms with E-state index >= 15 is 0 Å². The first kappa shape index (κ1) is 14.9. The Kier molecular flexibility index (Phi) is 6.03. The van der Waals surface area contributed by atoms with Crippen LogP contribution in [0.3, 0.4) is 0 Å². The van der Waals surface area contributed by atoms with Crippen LogP contribution in [-0.4, -0.2) is 30.4 Å². The Hall–Kier alpha value is -1.18. The Morgan fingerprint density at radius 1 is 1.33 bits per heavy atom. The van der Waals surface area contributed by atoms with Crippen LogP contribution < -0.4 is 5.32 Å². The fourth-order valence-electron chi connectivity index (χ4n) is 1.22. The normalized spacial score (nSPS) is 10.9. The largest absolute Gasteiger partial charge is 0.466 e. The van der Waals surface area contributed by atoms with Crippen LogP contribution in [0.1, 0.15) is 12.0 Å². The molecule has 1 rings (SSSR count). The Morgan fingerprint density at radius 2 is 2.00 bits per heavy atom.